The van der Waals surface area contributed by atoms with Crippen LogP contribution >= 0.6 is 0 Å². The van der Waals surface area contributed by atoms with Gasteiger partial charge in [0.2, 0.25) is 0 Å². The minimum Gasteiger partial charge on any atom is -0.494 e. The molecule has 1 aliphatic heterocycles. The van der Waals surface area contributed by atoms with Gasteiger partial charge in [-0.25, -0.2) is 0 Å². The van der Waals surface area contributed by atoms with E-state index in [9.17, 15) is 5.11 Å². The third-order valence-electron chi connectivity index (χ3n) is 3.50. The zero-order valence-corrected chi connectivity index (χ0v) is 12.7. The van der Waals surface area contributed by atoms with E-state index < -0.39 is 0 Å². The third kappa shape index (κ3) is 5.19. The predicted molar refractivity (Wildman–Crippen MR) is 81.0 cm³/mol. The lowest BCUT2D eigenvalue weighted by Gasteiger charge is -2.34. The molecule has 1 aromatic carbocycles. The van der Waals surface area contributed by atoms with E-state index in [1.807, 2.05) is 24.3 Å². The molecule has 0 saturated carbocycles. The van der Waals surface area contributed by atoms with Crippen LogP contribution in [0.25, 0.3) is 0 Å². The Labute approximate surface area is 126 Å². The van der Waals surface area contributed by atoms with Crippen molar-refractivity contribution < 1.29 is 19.3 Å². The summed E-state index contributed by atoms with van der Waals surface area (Å²) in [5.41, 5.74) is 0. The van der Waals surface area contributed by atoms with Gasteiger partial charge in [0.05, 0.1) is 32.5 Å². The molecule has 1 N–H and O–H groups in total. The SMILES string of the molecule is CCCOc1ccc(OCCN2CCOCC2CO)cc1. The van der Waals surface area contributed by atoms with Crippen LogP contribution in [0, 0.1) is 0 Å². The fourth-order valence-corrected chi connectivity index (χ4v) is 2.28. The summed E-state index contributed by atoms with van der Waals surface area (Å²) in [4.78, 5) is 2.21. The largest absolute Gasteiger partial charge is 0.494 e. The van der Waals surface area contributed by atoms with Gasteiger partial charge in [0, 0.05) is 13.1 Å². The highest BCUT2D eigenvalue weighted by atomic mass is 16.5. The first-order valence-corrected chi connectivity index (χ1v) is 7.61. The number of morpholine rings is 1. The highest BCUT2D eigenvalue weighted by Gasteiger charge is 2.21. The number of aliphatic hydroxyl groups is 1. The van der Waals surface area contributed by atoms with Crippen LogP contribution in [0.1, 0.15) is 13.3 Å². The van der Waals surface area contributed by atoms with Crippen LogP contribution in [0.4, 0.5) is 0 Å². The summed E-state index contributed by atoms with van der Waals surface area (Å²) >= 11 is 0. The summed E-state index contributed by atoms with van der Waals surface area (Å²) in [6, 6.07) is 7.79. The van der Waals surface area contributed by atoms with Crippen LogP contribution in [0.15, 0.2) is 24.3 Å². The molecule has 0 radical (unpaired) electrons. The molecule has 0 bridgehead atoms. The Balaban J connectivity index is 1.72. The molecule has 1 heterocycles. The van der Waals surface area contributed by atoms with Crippen LogP contribution in [-0.2, 0) is 4.74 Å². The fourth-order valence-electron chi connectivity index (χ4n) is 2.28. The van der Waals surface area contributed by atoms with E-state index in [-0.39, 0.29) is 12.6 Å². The minimum absolute atomic E-state index is 0.0900. The quantitative estimate of drug-likeness (QED) is 0.788. The van der Waals surface area contributed by atoms with E-state index in [4.69, 9.17) is 14.2 Å². The van der Waals surface area contributed by atoms with E-state index in [0.29, 0.717) is 13.2 Å². The highest BCUT2D eigenvalue weighted by molar-refractivity contribution is 5.31. The van der Waals surface area contributed by atoms with Gasteiger partial charge in [0.1, 0.15) is 18.1 Å². The lowest BCUT2D eigenvalue weighted by atomic mass is 10.2. The first-order chi connectivity index (χ1) is 10.3. The van der Waals surface area contributed by atoms with Crippen molar-refractivity contribution in [1.29, 1.82) is 0 Å². The van der Waals surface area contributed by atoms with Gasteiger partial charge in [-0.15, -0.1) is 0 Å². The Morgan fingerprint density at radius 1 is 1.19 bits per heavy atom. The van der Waals surface area contributed by atoms with E-state index in [1.54, 1.807) is 0 Å². The Morgan fingerprint density at radius 2 is 1.86 bits per heavy atom. The van der Waals surface area contributed by atoms with Crippen molar-refractivity contribution in [1.82, 2.24) is 4.90 Å². The molecule has 0 spiro atoms. The number of rotatable bonds is 8. The standard InChI is InChI=1S/C16H25NO4/c1-2-9-20-15-3-5-16(6-4-15)21-11-8-17-7-10-19-13-14(17)12-18/h3-6,14,18H,2,7-13H2,1H3. The molecule has 21 heavy (non-hydrogen) atoms. The molecule has 2 rings (SSSR count). The molecule has 1 atom stereocenters. The summed E-state index contributed by atoms with van der Waals surface area (Å²) in [6.45, 7) is 6.51. The van der Waals surface area contributed by atoms with Gasteiger partial charge in [-0.3, -0.25) is 4.90 Å². The third-order valence-corrected chi connectivity index (χ3v) is 3.50. The lowest BCUT2D eigenvalue weighted by molar-refractivity contribution is -0.0312. The Kier molecular flexibility index (Phi) is 6.79. The second-order valence-corrected chi connectivity index (χ2v) is 5.12. The number of aliphatic hydroxyl groups excluding tert-OH is 1. The molecule has 0 amide bonds. The van der Waals surface area contributed by atoms with E-state index in [0.717, 1.165) is 44.2 Å². The highest BCUT2D eigenvalue weighted by Crippen LogP contribution is 2.18. The first-order valence-electron chi connectivity index (χ1n) is 7.61. The molecule has 0 aromatic heterocycles. The monoisotopic (exact) mass is 295 g/mol. The van der Waals surface area contributed by atoms with Crippen LogP contribution in [0.5, 0.6) is 11.5 Å². The summed E-state index contributed by atoms with van der Waals surface area (Å²) in [5, 5.41) is 9.30. The molecule has 1 aromatic rings. The normalized spacial score (nSPS) is 19.4. The van der Waals surface area contributed by atoms with Crippen LogP contribution in [0.3, 0.4) is 0 Å². The van der Waals surface area contributed by atoms with Crippen molar-refractivity contribution in [2.45, 2.75) is 19.4 Å². The van der Waals surface area contributed by atoms with Crippen molar-refractivity contribution in [3.05, 3.63) is 24.3 Å². The maximum Gasteiger partial charge on any atom is 0.119 e. The number of hydrogen-bond acceptors (Lipinski definition) is 5. The predicted octanol–water partition coefficient (Wildman–Crippen LogP) is 1.55. The van der Waals surface area contributed by atoms with E-state index >= 15 is 0 Å². The van der Waals surface area contributed by atoms with E-state index in [2.05, 4.69) is 11.8 Å². The first kappa shape index (κ1) is 16.1. The number of ether oxygens (including phenoxy) is 3. The molecule has 1 fully saturated rings. The zero-order chi connectivity index (χ0) is 14.9. The van der Waals surface area contributed by atoms with Gasteiger partial charge in [0.25, 0.3) is 0 Å². The minimum atomic E-state index is 0.0900. The molecule has 5 nitrogen and oxygen atoms in total. The maximum atomic E-state index is 9.30. The van der Waals surface area contributed by atoms with Crippen molar-refractivity contribution in [3.63, 3.8) is 0 Å². The van der Waals surface area contributed by atoms with Gasteiger partial charge < -0.3 is 19.3 Å². The van der Waals surface area contributed by atoms with Gasteiger partial charge in [-0.1, -0.05) is 6.92 Å². The van der Waals surface area contributed by atoms with Gasteiger partial charge in [0.15, 0.2) is 0 Å². The van der Waals surface area contributed by atoms with Gasteiger partial charge in [-0.2, -0.15) is 0 Å². The lowest BCUT2D eigenvalue weighted by Crippen LogP contribution is -2.48. The summed E-state index contributed by atoms with van der Waals surface area (Å²) < 4.78 is 16.6. The van der Waals surface area contributed by atoms with Crippen molar-refractivity contribution in [2.24, 2.45) is 0 Å². The molecular weight excluding hydrogens is 270 g/mol. The molecule has 5 heteroatoms. The average Bonchev–Trinajstić information content (AvgIpc) is 2.54. The van der Waals surface area contributed by atoms with Crippen molar-refractivity contribution >= 4 is 0 Å². The molecule has 1 aliphatic rings. The smallest absolute Gasteiger partial charge is 0.119 e. The molecule has 0 aliphatic carbocycles. The molecular formula is C16H25NO4. The molecule has 1 saturated heterocycles. The Bertz CT molecular complexity index is 396. The maximum absolute atomic E-state index is 9.30. The number of hydrogen-bond donors (Lipinski definition) is 1. The van der Waals surface area contributed by atoms with Crippen LogP contribution in [0.2, 0.25) is 0 Å². The van der Waals surface area contributed by atoms with Crippen molar-refractivity contribution in [3.8, 4) is 11.5 Å². The van der Waals surface area contributed by atoms with Gasteiger partial charge >= 0.3 is 0 Å². The number of nitrogens with zero attached hydrogens (tertiary/aromatic N) is 1. The Morgan fingerprint density at radius 3 is 2.48 bits per heavy atom. The zero-order valence-electron chi connectivity index (χ0n) is 12.7. The second-order valence-electron chi connectivity index (χ2n) is 5.12. The van der Waals surface area contributed by atoms with Crippen LogP contribution in [-0.4, -0.2) is 62.2 Å². The second kappa shape index (κ2) is 8.87. The van der Waals surface area contributed by atoms with Gasteiger partial charge in [-0.05, 0) is 30.7 Å². The number of benzene rings is 1. The molecule has 118 valence electrons. The van der Waals surface area contributed by atoms with E-state index in [1.165, 1.54) is 0 Å². The Hall–Kier alpha value is -1.30. The molecule has 1 unspecified atom stereocenters. The summed E-state index contributed by atoms with van der Waals surface area (Å²) in [7, 11) is 0. The average molecular weight is 295 g/mol. The fraction of sp³-hybridized carbons (Fsp3) is 0.625. The summed E-state index contributed by atoms with van der Waals surface area (Å²) in [6.07, 6.45) is 1.00. The van der Waals surface area contributed by atoms with Crippen LogP contribution < -0.4 is 9.47 Å². The topological polar surface area (TPSA) is 51.2 Å². The van der Waals surface area contributed by atoms with Crippen molar-refractivity contribution in [2.75, 3.05) is 46.1 Å². The summed E-state index contributed by atoms with van der Waals surface area (Å²) in [5.74, 6) is 1.71.